The van der Waals surface area contributed by atoms with Gasteiger partial charge in [-0.15, -0.1) is 0 Å². The molecule has 0 N–H and O–H groups in total. The molecule has 1 aliphatic rings. The van der Waals surface area contributed by atoms with Crippen molar-refractivity contribution in [3.8, 4) is 0 Å². The minimum atomic E-state index is 0.269. The number of carbonyl (C=O) groups excluding carboxylic acids is 2. The maximum absolute atomic E-state index is 11.7. The van der Waals surface area contributed by atoms with Crippen LogP contribution in [0.1, 0.15) is 58.3 Å². The average molecular weight is 225 g/mol. The van der Waals surface area contributed by atoms with Crippen molar-refractivity contribution in [2.75, 3.05) is 13.1 Å². The van der Waals surface area contributed by atoms with Crippen molar-refractivity contribution in [1.82, 2.24) is 4.90 Å². The van der Waals surface area contributed by atoms with E-state index in [9.17, 15) is 9.59 Å². The summed E-state index contributed by atoms with van der Waals surface area (Å²) in [6.07, 6.45) is 7.88. The highest BCUT2D eigenvalue weighted by atomic mass is 16.2. The number of hydrogen-bond acceptors (Lipinski definition) is 2. The molecule has 0 radical (unpaired) electrons. The number of hydrogen-bond donors (Lipinski definition) is 0. The first-order valence-corrected chi connectivity index (χ1v) is 6.47. The van der Waals surface area contributed by atoms with Gasteiger partial charge >= 0.3 is 0 Å². The Labute approximate surface area is 98.2 Å². The van der Waals surface area contributed by atoms with Crippen LogP contribution in [0.4, 0.5) is 0 Å². The first-order chi connectivity index (χ1) is 7.70. The smallest absolute Gasteiger partial charge is 0.222 e. The molecule has 1 aliphatic heterocycles. The number of amides is 1. The molecule has 1 heterocycles. The van der Waals surface area contributed by atoms with E-state index in [2.05, 4.69) is 0 Å². The van der Waals surface area contributed by atoms with Gasteiger partial charge in [0.25, 0.3) is 0 Å². The van der Waals surface area contributed by atoms with Gasteiger partial charge < -0.3 is 9.69 Å². The third-order valence-electron chi connectivity index (χ3n) is 3.13. The molecule has 0 spiro atoms. The Morgan fingerprint density at radius 3 is 2.75 bits per heavy atom. The largest absolute Gasteiger partial charge is 0.343 e. The SMILES string of the molecule is CC(=O)CCCCCN1CCCCCC1=O. The second-order valence-electron chi connectivity index (χ2n) is 4.70. The van der Waals surface area contributed by atoms with Crippen LogP contribution >= 0.6 is 0 Å². The Morgan fingerprint density at radius 1 is 1.19 bits per heavy atom. The summed E-state index contributed by atoms with van der Waals surface area (Å²) in [5.74, 6) is 0.593. The summed E-state index contributed by atoms with van der Waals surface area (Å²) in [6.45, 7) is 3.46. The lowest BCUT2D eigenvalue weighted by Gasteiger charge is -2.20. The normalized spacial score (nSPS) is 17.3. The van der Waals surface area contributed by atoms with Crippen LogP contribution in [0.25, 0.3) is 0 Å². The van der Waals surface area contributed by atoms with Gasteiger partial charge in [0.2, 0.25) is 5.91 Å². The number of Topliss-reactive ketones (excluding diaryl/α,β-unsaturated/α-hetero) is 1. The van der Waals surface area contributed by atoms with Crippen molar-refractivity contribution in [3.63, 3.8) is 0 Å². The predicted octanol–water partition coefficient (Wildman–Crippen LogP) is 2.54. The molecule has 1 fully saturated rings. The topological polar surface area (TPSA) is 37.4 Å². The Hall–Kier alpha value is -0.860. The molecule has 0 aliphatic carbocycles. The van der Waals surface area contributed by atoms with Gasteiger partial charge in [-0.05, 0) is 32.6 Å². The molecular formula is C13H23NO2. The van der Waals surface area contributed by atoms with Crippen molar-refractivity contribution >= 4 is 11.7 Å². The van der Waals surface area contributed by atoms with Gasteiger partial charge in [-0.2, -0.15) is 0 Å². The van der Waals surface area contributed by atoms with Crippen LogP contribution < -0.4 is 0 Å². The monoisotopic (exact) mass is 225 g/mol. The summed E-state index contributed by atoms with van der Waals surface area (Å²) < 4.78 is 0. The lowest BCUT2D eigenvalue weighted by Crippen LogP contribution is -2.31. The van der Waals surface area contributed by atoms with Gasteiger partial charge in [0.15, 0.2) is 0 Å². The third-order valence-corrected chi connectivity index (χ3v) is 3.13. The summed E-state index contributed by atoms with van der Waals surface area (Å²) >= 11 is 0. The van der Waals surface area contributed by atoms with Crippen LogP contribution in [0, 0.1) is 0 Å². The highest BCUT2D eigenvalue weighted by molar-refractivity contribution is 5.76. The molecule has 0 aromatic rings. The standard InChI is InChI=1S/C13H23NO2/c1-12(15)8-4-2-6-10-14-11-7-3-5-9-13(14)16/h2-11H2,1H3. The number of nitrogens with zero attached hydrogens (tertiary/aromatic N) is 1. The van der Waals surface area contributed by atoms with Crippen LogP contribution in [0.2, 0.25) is 0 Å². The van der Waals surface area contributed by atoms with Crippen molar-refractivity contribution < 1.29 is 9.59 Å². The van der Waals surface area contributed by atoms with E-state index < -0.39 is 0 Å². The minimum absolute atomic E-state index is 0.269. The maximum Gasteiger partial charge on any atom is 0.222 e. The first kappa shape index (κ1) is 13.2. The fourth-order valence-corrected chi connectivity index (χ4v) is 2.13. The molecule has 0 unspecified atom stereocenters. The van der Waals surface area contributed by atoms with Crippen LogP contribution in [0.15, 0.2) is 0 Å². The highest BCUT2D eigenvalue weighted by Crippen LogP contribution is 2.12. The minimum Gasteiger partial charge on any atom is -0.343 e. The summed E-state index contributed by atoms with van der Waals surface area (Å²) in [6, 6.07) is 0. The maximum atomic E-state index is 11.7. The number of ketones is 1. The van der Waals surface area contributed by atoms with Crippen molar-refractivity contribution in [2.45, 2.75) is 58.3 Å². The Bertz CT molecular complexity index is 238. The summed E-state index contributed by atoms with van der Waals surface area (Å²) in [5, 5.41) is 0. The fraction of sp³-hybridized carbons (Fsp3) is 0.846. The molecule has 0 saturated carbocycles. The van der Waals surface area contributed by atoms with Crippen LogP contribution in [0.3, 0.4) is 0 Å². The van der Waals surface area contributed by atoms with Crippen LogP contribution in [-0.4, -0.2) is 29.7 Å². The molecule has 1 rings (SSSR count). The number of unbranched alkanes of at least 4 members (excludes halogenated alkanes) is 2. The lowest BCUT2D eigenvalue weighted by atomic mass is 10.1. The van der Waals surface area contributed by atoms with Crippen molar-refractivity contribution in [3.05, 3.63) is 0 Å². The Morgan fingerprint density at radius 2 is 2.00 bits per heavy atom. The van der Waals surface area contributed by atoms with Gasteiger partial charge in [-0.25, -0.2) is 0 Å². The average Bonchev–Trinajstić information content (AvgIpc) is 2.43. The summed E-state index contributed by atoms with van der Waals surface area (Å²) in [5.41, 5.74) is 0. The Balaban J connectivity index is 2.10. The van der Waals surface area contributed by atoms with Gasteiger partial charge in [0.05, 0.1) is 0 Å². The zero-order valence-electron chi connectivity index (χ0n) is 10.3. The number of carbonyl (C=O) groups is 2. The highest BCUT2D eigenvalue weighted by Gasteiger charge is 2.15. The molecule has 3 heteroatoms. The molecule has 0 aromatic heterocycles. The number of likely N-dealkylation sites (tertiary alicyclic amines) is 1. The molecule has 1 amide bonds. The molecule has 0 atom stereocenters. The quantitative estimate of drug-likeness (QED) is 0.651. The lowest BCUT2D eigenvalue weighted by molar-refractivity contribution is -0.130. The first-order valence-electron chi connectivity index (χ1n) is 6.47. The third kappa shape index (κ3) is 5.29. The van der Waals surface area contributed by atoms with E-state index in [4.69, 9.17) is 0 Å². The predicted molar refractivity (Wildman–Crippen MR) is 64.2 cm³/mol. The van der Waals surface area contributed by atoms with E-state index in [0.29, 0.717) is 12.3 Å². The van der Waals surface area contributed by atoms with E-state index in [1.165, 1.54) is 6.42 Å². The molecule has 16 heavy (non-hydrogen) atoms. The fourth-order valence-electron chi connectivity index (χ4n) is 2.13. The van der Waals surface area contributed by atoms with Crippen LogP contribution in [-0.2, 0) is 9.59 Å². The van der Waals surface area contributed by atoms with E-state index in [1.54, 1.807) is 6.92 Å². The molecule has 0 bridgehead atoms. The second-order valence-corrected chi connectivity index (χ2v) is 4.70. The van der Waals surface area contributed by atoms with E-state index in [-0.39, 0.29) is 5.78 Å². The second kappa shape index (κ2) is 7.42. The van der Waals surface area contributed by atoms with Gasteiger partial charge in [0, 0.05) is 25.9 Å². The molecule has 1 saturated heterocycles. The van der Waals surface area contributed by atoms with Gasteiger partial charge in [-0.3, -0.25) is 4.79 Å². The summed E-state index contributed by atoms with van der Waals surface area (Å²) in [4.78, 5) is 24.4. The molecule has 0 aromatic carbocycles. The van der Waals surface area contributed by atoms with Crippen molar-refractivity contribution in [2.24, 2.45) is 0 Å². The van der Waals surface area contributed by atoms with Crippen molar-refractivity contribution in [1.29, 1.82) is 0 Å². The molecular weight excluding hydrogens is 202 g/mol. The van der Waals surface area contributed by atoms with Gasteiger partial charge in [-0.1, -0.05) is 12.8 Å². The van der Waals surface area contributed by atoms with E-state index in [1.807, 2.05) is 4.90 Å². The zero-order chi connectivity index (χ0) is 11.8. The zero-order valence-corrected chi connectivity index (χ0v) is 10.3. The molecule has 92 valence electrons. The van der Waals surface area contributed by atoms with E-state index in [0.717, 1.165) is 51.6 Å². The molecule has 3 nitrogen and oxygen atoms in total. The summed E-state index contributed by atoms with van der Waals surface area (Å²) in [7, 11) is 0. The number of rotatable bonds is 6. The van der Waals surface area contributed by atoms with Crippen LogP contribution in [0.5, 0.6) is 0 Å². The Kier molecular flexibility index (Phi) is 6.12. The van der Waals surface area contributed by atoms with Gasteiger partial charge in [0.1, 0.15) is 5.78 Å². The van der Waals surface area contributed by atoms with E-state index >= 15 is 0 Å².